The van der Waals surface area contributed by atoms with Gasteiger partial charge in [-0.25, -0.2) is 0 Å². The number of carbonyl (C=O) groups is 1. The summed E-state index contributed by atoms with van der Waals surface area (Å²) in [7, 11) is 0. The van der Waals surface area contributed by atoms with Crippen molar-refractivity contribution < 1.29 is 18.0 Å². The SMILES string of the molecule is O=C(NCCCC(F)(F)F)C1CCc2ccccc2N1. The standard InChI is InChI=1S/C14H17F3N2O/c15-14(16,17)8-3-9-18-13(20)12-7-6-10-4-1-2-5-11(10)19-12/h1-2,4-5,12,19H,3,6-9H2,(H,18,20). The summed E-state index contributed by atoms with van der Waals surface area (Å²) in [6.07, 6.45) is -3.66. The largest absolute Gasteiger partial charge is 0.389 e. The molecule has 1 atom stereocenters. The van der Waals surface area contributed by atoms with Crippen molar-refractivity contribution >= 4 is 11.6 Å². The Hall–Kier alpha value is -1.72. The second-order valence-electron chi connectivity index (χ2n) is 4.90. The fourth-order valence-corrected chi connectivity index (χ4v) is 2.26. The van der Waals surface area contributed by atoms with Crippen LogP contribution in [0.4, 0.5) is 18.9 Å². The number of fused-ring (bicyclic) bond motifs is 1. The molecule has 1 amide bonds. The zero-order valence-electron chi connectivity index (χ0n) is 11.0. The minimum absolute atomic E-state index is 0.0537. The van der Waals surface area contributed by atoms with Gasteiger partial charge in [0, 0.05) is 18.7 Å². The summed E-state index contributed by atoms with van der Waals surface area (Å²) in [6, 6.07) is 7.36. The summed E-state index contributed by atoms with van der Waals surface area (Å²) >= 11 is 0. The summed E-state index contributed by atoms with van der Waals surface area (Å²) in [5.41, 5.74) is 2.09. The molecule has 3 nitrogen and oxygen atoms in total. The lowest BCUT2D eigenvalue weighted by Crippen LogP contribution is -2.42. The molecular weight excluding hydrogens is 269 g/mol. The van der Waals surface area contributed by atoms with Gasteiger partial charge in [-0.2, -0.15) is 13.2 Å². The fourth-order valence-electron chi connectivity index (χ4n) is 2.26. The second kappa shape index (κ2) is 6.15. The number of hydrogen-bond acceptors (Lipinski definition) is 2. The smallest absolute Gasteiger partial charge is 0.373 e. The van der Waals surface area contributed by atoms with Gasteiger partial charge >= 0.3 is 6.18 Å². The van der Waals surface area contributed by atoms with Crippen LogP contribution in [0.2, 0.25) is 0 Å². The van der Waals surface area contributed by atoms with E-state index in [-0.39, 0.29) is 24.9 Å². The zero-order valence-corrected chi connectivity index (χ0v) is 11.0. The van der Waals surface area contributed by atoms with Crippen molar-refractivity contribution in [1.82, 2.24) is 5.32 Å². The topological polar surface area (TPSA) is 41.1 Å². The molecule has 1 aromatic carbocycles. The highest BCUT2D eigenvalue weighted by molar-refractivity contribution is 5.85. The normalized spacial score (nSPS) is 18.1. The summed E-state index contributed by atoms with van der Waals surface area (Å²) in [6.45, 7) is 0.0537. The maximum absolute atomic E-state index is 12.0. The first-order valence-electron chi connectivity index (χ1n) is 6.64. The van der Waals surface area contributed by atoms with E-state index in [1.54, 1.807) is 0 Å². The molecule has 1 heterocycles. The average Bonchev–Trinajstić information content (AvgIpc) is 2.42. The number of nitrogens with one attached hydrogen (secondary N) is 2. The Balaban J connectivity index is 1.77. The maximum atomic E-state index is 12.0. The third-order valence-electron chi connectivity index (χ3n) is 3.30. The third kappa shape index (κ3) is 4.15. The van der Waals surface area contributed by atoms with Crippen LogP contribution in [0.15, 0.2) is 24.3 Å². The minimum Gasteiger partial charge on any atom is -0.373 e. The minimum atomic E-state index is -4.16. The van der Waals surface area contributed by atoms with Crippen molar-refractivity contribution in [2.45, 2.75) is 37.9 Å². The van der Waals surface area contributed by atoms with Gasteiger partial charge in [-0.1, -0.05) is 18.2 Å². The van der Waals surface area contributed by atoms with Crippen molar-refractivity contribution in [3.05, 3.63) is 29.8 Å². The Morgan fingerprint density at radius 3 is 2.85 bits per heavy atom. The van der Waals surface area contributed by atoms with Crippen molar-refractivity contribution in [2.75, 3.05) is 11.9 Å². The van der Waals surface area contributed by atoms with Crippen LogP contribution in [0.1, 0.15) is 24.8 Å². The highest BCUT2D eigenvalue weighted by Crippen LogP contribution is 2.24. The fraction of sp³-hybridized carbons (Fsp3) is 0.500. The van der Waals surface area contributed by atoms with Gasteiger partial charge in [-0.05, 0) is 30.9 Å². The van der Waals surface area contributed by atoms with Crippen LogP contribution in [0.5, 0.6) is 0 Å². The number of aryl methyl sites for hydroxylation is 1. The predicted molar refractivity (Wildman–Crippen MR) is 70.5 cm³/mol. The number of carbonyl (C=O) groups excluding carboxylic acids is 1. The Morgan fingerprint density at radius 2 is 2.10 bits per heavy atom. The molecule has 0 spiro atoms. The van der Waals surface area contributed by atoms with E-state index in [4.69, 9.17) is 0 Å². The van der Waals surface area contributed by atoms with Crippen LogP contribution in [-0.2, 0) is 11.2 Å². The molecule has 0 aliphatic carbocycles. The number of para-hydroxylation sites is 1. The van der Waals surface area contributed by atoms with Gasteiger partial charge in [0.2, 0.25) is 5.91 Å². The second-order valence-corrected chi connectivity index (χ2v) is 4.90. The predicted octanol–water partition coefficient (Wildman–Crippen LogP) is 2.87. The molecule has 1 aromatic rings. The van der Waals surface area contributed by atoms with Gasteiger partial charge < -0.3 is 10.6 Å². The van der Waals surface area contributed by atoms with Crippen LogP contribution in [0.25, 0.3) is 0 Å². The van der Waals surface area contributed by atoms with E-state index in [9.17, 15) is 18.0 Å². The molecule has 2 N–H and O–H groups in total. The number of anilines is 1. The van der Waals surface area contributed by atoms with Crippen molar-refractivity contribution in [1.29, 1.82) is 0 Å². The quantitative estimate of drug-likeness (QED) is 0.836. The molecule has 0 saturated heterocycles. The molecule has 110 valence electrons. The van der Waals surface area contributed by atoms with Gasteiger partial charge in [-0.15, -0.1) is 0 Å². The molecule has 0 saturated carbocycles. The van der Waals surface area contributed by atoms with Crippen LogP contribution in [-0.4, -0.2) is 24.7 Å². The Kier molecular flexibility index (Phi) is 4.52. The van der Waals surface area contributed by atoms with E-state index >= 15 is 0 Å². The monoisotopic (exact) mass is 286 g/mol. The summed E-state index contributed by atoms with van der Waals surface area (Å²) in [5, 5.41) is 5.67. The first kappa shape index (κ1) is 14.7. The lowest BCUT2D eigenvalue weighted by Gasteiger charge is -2.26. The molecule has 0 radical (unpaired) electrons. The van der Waals surface area contributed by atoms with Gasteiger partial charge in [0.1, 0.15) is 6.04 Å². The maximum Gasteiger partial charge on any atom is 0.389 e. The lowest BCUT2D eigenvalue weighted by molar-refractivity contribution is -0.136. The van der Waals surface area contributed by atoms with Gasteiger partial charge in [-0.3, -0.25) is 4.79 Å². The summed E-state index contributed by atoms with van der Waals surface area (Å²) < 4.78 is 35.9. The number of benzene rings is 1. The Labute approximate surface area is 115 Å². The van der Waals surface area contributed by atoms with Crippen LogP contribution >= 0.6 is 0 Å². The van der Waals surface area contributed by atoms with E-state index in [2.05, 4.69) is 10.6 Å². The molecule has 1 aliphatic rings. The van der Waals surface area contributed by atoms with Crippen LogP contribution < -0.4 is 10.6 Å². The van der Waals surface area contributed by atoms with Gasteiger partial charge in [0.15, 0.2) is 0 Å². The number of amides is 1. The zero-order chi connectivity index (χ0) is 14.6. The van der Waals surface area contributed by atoms with Gasteiger partial charge in [0.05, 0.1) is 0 Å². The first-order chi connectivity index (χ1) is 9.46. The Bertz CT molecular complexity index is 474. The summed E-state index contributed by atoms with van der Waals surface area (Å²) in [5.74, 6) is -0.235. The van der Waals surface area contributed by atoms with Crippen LogP contribution in [0.3, 0.4) is 0 Å². The third-order valence-corrected chi connectivity index (χ3v) is 3.30. The molecule has 1 aliphatic heterocycles. The number of halogens is 3. The van der Waals surface area contributed by atoms with Crippen molar-refractivity contribution in [2.24, 2.45) is 0 Å². The number of rotatable bonds is 4. The van der Waals surface area contributed by atoms with E-state index in [0.29, 0.717) is 6.42 Å². The first-order valence-corrected chi connectivity index (χ1v) is 6.64. The summed E-state index contributed by atoms with van der Waals surface area (Å²) in [4.78, 5) is 11.9. The molecule has 0 bridgehead atoms. The molecule has 2 rings (SSSR count). The highest BCUT2D eigenvalue weighted by atomic mass is 19.4. The molecule has 1 unspecified atom stereocenters. The molecule has 20 heavy (non-hydrogen) atoms. The van der Waals surface area contributed by atoms with E-state index in [1.165, 1.54) is 0 Å². The van der Waals surface area contributed by atoms with Crippen molar-refractivity contribution in [3.63, 3.8) is 0 Å². The van der Waals surface area contributed by atoms with E-state index < -0.39 is 12.6 Å². The average molecular weight is 286 g/mol. The van der Waals surface area contributed by atoms with Crippen molar-refractivity contribution in [3.8, 4) is 0 Å². The lowest BCUT2D eigenvalue weighted by atomic mass is 9.98. The van der Waals surface area contributed by atoms with Crippen LogP contribution in [0, 0.1) is 0 Å². The van der Waals surface area contributed by atoms with E-state index in [1.807, 2.05) is 24.3 Å². The molecule has 0 fully saturated rings. The van der Waals surface area contributed by atoms with E-state index in [0.717, 1.165) is 17.7 Å². The number of alkyl halides is 3. The molecular formula is C14H17F3N2O. The molecule has 0 aromatic heterocycles. The highest BCUT2D eigenvalue weighted by Gasteiger charge is 2.27. The Morgan fingerprint density at radius 1 is 1.35 bits per heavy atom. The molecule has 6 heteroatoms. The van der Waals surface area contributed by atoms with Gasteiger partial charge in [0.25, 0.3) is 0 Å². The number of hydrogen-bond donors (Lipinski definition) is 2.